The average Bonchev–Trinajstić information content (AvgIpc) is 2.75. The number of amides is 2. The molecule has 1 aliphatic rings. The van der Waals surface area contributed by atoms with Crippen LogP contribution in [0.1, 0.15) is 31.8 Å². The summed E-state index contributed by atoms with van der Waals surface area (Å²) in [7, 11) is 1.61. The van der Waals surface area contributed by atoms with Gasteiger partial charge in [-0.3, -0.25) is 14.4 Å². The SMILES string of the molecule is Cn1cccc(C(=O)Nc2ccc3c(c2)CN(C(=O)c2ccccc2)CC3)c1=O. The van der Waals surface area contributed by atoms with Crippen molar-refractivity contribution in [2.45, 2.75) is 13.0 Å². The maximum atomic E-state index is 12.7. The summed E-state index contributed by atoms with van der Waals surface area (Å²) < 4.78 is 1.37. The minimum Gasteiger partial charge on any atom is -0.334 e. The molecule has 0 spiro atoms. The van der Waals surface area contributed by atoms with Crippen LogP contribution in [0.3, 0.4) is 0 Å². The Kier molecular flexibility index (Phi) is 4.99. The molecular weight excluding hydrogens is 366 g/mol. The summed E-state index contributed by atoms with van der Waals surface area (Å²) in [5.41, 5.74) is 3.18. The number of pyridine rings is 1. The van der Waals surface area contributed by atoms with E-state index < -0.39 is 5.91 Å². The van der Waals surface area contributed by atoms with Crippen LogP contribution in [-0.2, 0) is 20.0 Å². The highest BCUT2D eigenvalue weighted by molar-refractivity contribution is 6.04. The molecule has 0 saturated carbocycles. The molecule has 6 heteroatoms. The van der Waals surface area contributed by atoms with Gasteiger partial charge in [-0.25, -0.2) is 0 Å². The van der Waals surface area contributed by atoms with E-state index in [2.05, 4.69) is 5.32 Å². The highest BCUT2D eigenvalue weighted by atomic mass is 16.2. The van der Waals surface area contributed by atoms with Crippen LogP contribution in [0.25, 0.3) is 0 Å². The van der Waals surface area contributed by atoms with Gasteiger partial charge in [-0.1, -0.05) is 24.3 Å². The molecule has 6 nitrogen and oxygen atoms in total. The predicted molar refractivity (Wildman–Crippen MR) is 111 cm³/mol. The van der Waals surface area contributed by atoms with E-state index in [4.69, 9.17) is 0 Å². The number of fused-ring (bicyclic) bond motifs is 1. The molecule has 0 aliphatic carbocycles. The second kappa shape index (κ2) is 7.75. The molecule has 2 heterocycles. The maximum absolute atomic E-state index is 12.7. The van der Waals surface area contributed by atoms with Gasteiger partial charge in [0.1, 0.15) is 5.56 Å². The van der Waals surface area contributed by atoms with Crippen molar-refractivity contribution >= 4 is 17.5 Å². The molecule has 1 aromatic heterocycles. The van der Waals surface area contributed by atoms with Gasteiger partial charge >= 0.3 is 0 Å². The Morgan fingerprint density at radius 2 is 1.76 bits per heavy atom. The van der Waals surface area contributed by atoms with Crippen molar-refractivity contribution in [3.8, 4) is 0 Å². The van der Waals surface area contributed by atoms with E-state index in [1.807, 2.05) is 53.4 Å². The fourth-order valence-corrected chi connectivity index (χ4v) is 3.54. The predicted octanol–water partition coefficient (Wildman–Crippen LogP) is 2.84. The van der Waals surface area contributed by atoms with Crippen molar-refractivity contribution in [2.24, 2.45) is 7.05 Å². The van der Waals surface area contributed by atoms with Gasteiger partial charge in [-0.2, -0.15) is 0 Å². The summed E-state index contributed by atoms with van der Waals surface area (Å²) in [6, 6.07) is 18.1. The molecule has 4 rings (SSSR count). The molecule has 29 heavy (non-hydrogen) atoms. The molecule has 2 amide bonds. The highest BCUT2D eigenvalue weighted by Crippen LogP contribution is 2.24. The second-order valence-electron chi connectivity index (χ2n) is 7.12. The Labute approximate surface area is 168 Å². The van der Waals surface area contributed by atoms with E-state index in [9.17, 15) is 14.4 Å². The number of carbonyl (C=O) groups excluding carboxylic acids is 2. The smallest absolute Gasteiger partial charge is 0.263 e. The summed E-state index contributed by atoms with van der Waals surface area (Å²) in [6.45, 7) is 1.15. The van der Waals surface area contributed by atoms with Crippen molar-refractivity contribution in [1.29, 1.82) is 0 Å². The molecule has 1 N–H and O–H groups in total. The fraction of sp³-hybridized carbons (Fsp3) is 0.174. The summed E-state index contributed by atoms with van der Waals surface area (Å²) in [4.78, 5) is 39.2. The molecule has 2 aromatic carbocycles. The third-order valence-electron chi connectivity index (χ3n) is 5.15. The van der Waals surface area contributed by atoms with Crippen molar-refractivity contribution in [1.82, 2.24) is 9.47 Å². The van der Waals surface area contributed by atoms with E-state index >= 15 is 0 Å². The zero-order chi connectivity index (χ0) is 20.4. The van der Waals surface area contributed by atoms with Crippen molar-refractivity contribution in [2.75, 3.05) is 11.9 Å². The Bertz CT molecular complexity index is 1140. The molecule has 0 saturated heterocycles. The monoisotopic (exact) mass is 387 g/mol. The van der Waals surface area contributed by atoms with Gasteiger partial charge in [0.15, 0.2) is 0 Å². The largest absolute Gasteiger partial charge is 0.334 e. The summed E-state index contributed by atoms with van der Waals surface area (Å²) in [5.74, 6) is -0.447. The van der Waals surface area contributed by atoms with Crippen LogP contribution in [0.5, 0.6) is 0 Å². The van der Waals surface area contributed by atoms with Crippen LogP contribution in [0, 0.1) is 0 Å². The Morgan fingerprint density at radius 3 is 2.55 bits per heavy atom. The number of anilines is 1. The second-order valence-corrected chi connectivity index (χ2v) is 7.12. The average molecular weight is 387 g/mol. The molecule has 146 valence electrons. The minimum absolute atomic E-state index is 0.00142. The number of hydrogen-bond acceptors (Lipinski definition) is 3. The van der Waals surface area contributed by atoms with E-state index in [0.29, 0.717) is 24.3 Å². The number of aryl methyl sites for hydroxylation is 1. The highest BCUT2D eigenvalue weighted by Gasteiger charge is 2.22. The Morgan fingerprint density at radius 1 is 0.966 bits per heavy atom. The standard InChI is InChI=1S/C23H21N3O3/c1-25-12-5-8-20(23(25)29)21(27)24-19-10-9-16-11-13-26(15-18(16)14-19)22(28)17-6-3-2-4-7-17/h2-10,12,14H,11,13,15H2,1H3,(H,24,27). The van der Waals surface area contributed by atoms with Gasteiger partial charge < -0.3 is 14.8 Å². The lowest BCUT2D eigenvalue weighted by molar-refractivity contribution is 0.0734. The number of nitrogens with one attached hydrogen (secondary N) is 1. The third kappa shape index (κ3) is 3.82. The van der Waals surface area contributed by atoms with Crippen molar-refractivity contribution < 1.29 is 9.59 Å². The number of hydrogen-bond donors (Lipinski definition) is 1. The van der Waals surface area contributed by atoms with Crippen LogP contribution in [0.2, 0.25) is 0 Å². The molecule has 0 unspecified atom stereocenters. The normalized spacial score (nSPS) is 12.9. The summed E-state index contributed by atoms with van der Waals surface area (Å²) in [6.07, 6.45) is 2.37. The maximum Gasteiger partial charge on any atom is 0.263 e. The molecule has 0 radical (unpaired) electrons. The molecule has 3 aromatic rings. The molecule has 0 atom stereocenters. The van der Waals surface area contributed by atoms with Gasteiger partial charge in [0.25, 0.3) is 17.4 Å². The first-order valence-electron chi connectivity index (χ1n) is 9.46. The zero-order valence-electron chi connectivity index (χ0n) is 16.1. The third-order valence-corrected chi connectivity index (χ3v) is 5.15. The fourth-order valence-electron chi connectivity index (χ4n) is 3.54. The van der Waals surface area contributed by atoms with Crippen LogP contribution in [-0.4, -0.2) is 27.8 Å². The van der Waals surface area contributed by atoms with E-state index in [1.165, 1.54) is 10.6 Å². The van der Waals surface area contributed by atoms with Crippen LogP contribution in [0.4, 0.5) is 5.69 Å². The van der Waals surface area contributed by atoms with Gasteiger partial charge in [0.05, 0.1) is 0 Å². The lowest BCUT2D eigenvalue weighted by Gasteiger charge is -2.29. The van der Waals surface area contributed by atoms with Gasteiger partial charge in [0, 0.05) is 37.6 Å². The summed E-state index contributed by atoms with van der Waals surface area (Å²) >= 11 is 0. The topological polar surface area (TPSA) is 71.4 Å². The minimum atomic E-state index is -0.445. The Hall–Kier alpha value is -3.67. The molecular formula is C23H21N3O3. The first kappa shape index (κ1) is 18.7. The number of rotatable bonds is 3. The van der Waals surface area contributed by atoms with Gasteiger partial charge in [-0.15, -0.1) is 0 Å². The zero-order valence-corrected chi connectivity index (χ0v) is 16.1. The first-order valence-corrected chi connectivity index (χ1v) is 9.46. The lowest BCUT2D eigenvalue weighted by atomic mass is 9.98. The molecule has 1 aliphatic heterocycles. The molecule has 0 fully saturated rings. The van der Waals surface area contributed by atoms with E-state index in [1.54, 1.807) is 19.3 Å². The van der Waals surface area contributed by atoms with Gasteiger partial charge in [0.2, 0.25) is 0 Å². The number of aromatic nitrogens is 1. The van der Waals surface area contributed by atoms with Crippen LogP contribution < -0.4 is 10.9 Å². The number of nitrogens with zero attached hydrogens (tertiary/aromatic N) is 2. The number of benzene rings is 2. The molecule has 0 bridgehead atoms. The van der Waals surface area contributed by atoms with Gasteiger partial charge in [-0.05, 0) is 53.9 Å². The van der Waals surface area contributed by atoms with E-state index in [-0.39, 0.29) is 17.0 Å². The first-order chi connectivity index (χ1) is 14.0. The summed E-state index contributed by atoms with van der Waals surface area (Å²) in [5, 5.41) is 2.80. The quantitative estimate of drug-likeness (QED) is 0.751. The van der Waals surface area contributed by atoms with Crippen molar-refractivity contribution in [3.05, 3.63) is 99.5 Å². The number of carbonyl (C=O) groups is 2. The van der Waals surface area contributed by atoms with E-state index in [0.717, 1.165) is 17.5 Å². The Balaban J connectivity index is 1.53. The van der Waals surface area contributed by atoms with Crippen molar-refractivity contribution in [3.63, 3.8) is 0 Å². The van der Waals surface area contributed by atoms with Crippen LogP contribution >= 0.6 is 0 Å². The van der Waals surface area contributed by atoms with Crippen LogP contribution in [0.15, 0.2) is 71.7 Å². The lowest BCUT2D eigenvalue weighted by Crippen LogP contribution is -2.36.